The summed E-state index contributed by atoms with van der Waals surface area (Å²) in [7, 11) is 1.24. The first-order valence-corrected chi connectivity index (χ1v) is 3.39. The molecule has 64 valence electrons. The molecule has 0 aliphatic carbocycles. The maximum absolute atomic E-state index is 10.9. The Kier molecular flexibility index (Phi) is 2.44. The lowest BCUT2D eigenvalue weighted by Crippen LogP contribution is -2.07. The highest BCUT2D eigenvalue weighted by Gasteiger charge is 2.09. The van der Waals surface area contributed by atoms with E-state index in [9.17, 15) is 4.79 Å². The lowest BCUT2D eigenvalue weighted by molar-refractivity contribution is 0.0593. The number of ether oxygens (including phenoxy) is 1. The predicted octanol–water partition coefficient (Wildman–Crippen LogP) is 0.499. The minimum Gasteiger partial charge on any atom is -0.464 e. The van der Waals surface area contributed by atoms with Crippen molar-refractivity contribution in [2.45, 2.75) is 0 Å². The van der Waals surface area contributed by atoms with Crippen LogP contribution in [-0.4, -0.2) is 23.0 Å². The van der Waals surface area contributed by atoms with Gasteiger partial charge < -0.3 is 10.5 Å². The molecule has 1 heterocycles. The quantitative estimate of drug-likeness (QED) is 0.648. The third-order valence-electron chi connectivity index (χ3n) is 1.15. The van der Waals surface area contributed by atoms with Crippen molar-refractivity contribution >= 4 is 23.4 Å². The number of esters is 1. The number of aromatic nitrogens is 2. The van der Waals surface area contributed by atoms with Gasteiger partial charge in [-0.3, -0.25) is 0 Å². The topological polar surface area (TPSA) is 78.1 Å². The van der Waals surface area contributed by atoms with Crippen LogP contribution in [0, 0.1) is 0 Å². The summed E-state index contributed by atoms with van der Waals surface area (Å²) in [4.78, 5) is 18.1. The minimum absolute atomic E-state index is 0.0135. The Morgan fingerprint density at radius 1 is 1.75 bits per heavy atom. The molecule has 0 aromatic carbocycles. The van der Waals surface area contributed by atoms with Gasteiger partial charge in [-0.25, -0.2) is 14.8 Å². The normalized spacial score (nSPS) is 9.50. The summed E-state index contributed by atoms with van der Waals surface area (Å²) in [6.45, 7) is 0. The van der Waals surface area contributed by atoms with Gasteiger partial charge in [-0.05, 0) is 0 Å². The Labute approximate surface area is 73.5 Å². The lowest BCUT2D eigenvalue weighted by Gasteiger charge is -1.99. The Balaban J connectivity index is 3.05. The molecule has 0 amide bonds. The van der Waals surface area contributed by atoms with Crippen molar-refractivity contribution in [3.8, 4) is 0 Å². The molecule has 1 aromatic rings. The van der Waals surface area contributed by atoms with E-state index in [-0.39, 0.29) is 16.7 Å². The highest BCUT2D eigenvalue weighted by atomic mass is 35.5. The number of halogens is 1. The first kappa shape index (κ1) is 8.73. The predicted molar refractivity (Wildman–Crippen MR) is 42.8 cm³/mol. The lowest BCUT2D eigenvalue weighted by atomic mass is 10.4. The fourth-order valence-electron chi connectivity index (χ4n) is 0.592. The highest BCUT2D eigenvalue weighted by Crippen LogP contribution is 2.11. The maximum Gasteiger partial charge on any atom is 0.358 e. The van der Waals surface area contributed by atoms with E-state index < -0.39 is 5.97 Å². The molecule has 5 nitrogen and oxygen atoms in total. The molecule has 2 N–H and O–H groups in total. The smallest absolute Gasteiger partial charge is 0.358 e. The number of nitrogen functional groups attached to an aromatic ring is 1. The molecule has 1 rings (SSSR count). The second-order valence-corrected chi connectivity index (χ2v) is 2.28. The summed E-state index contributed by atoms with van der Waals surface area (Å²) in [6.07, 6.45) is 1.20. The highest BCUT2D eigenvalue weighted by molar-refractivity contribution is 6.31. The van der Waals surface area contributed by atoms with Crippen LogP contribution < -0.4 is 5.73 Å². The molecule has 0 unspecified atom stereocenters. The number of carbonyl (C=O) groups excluding carboxylic acids is 1. The molecule has 0 saturated heterocycles. The number of rotatable bonds is 1. The van der Waals surface area contributed by atoms with Gasteiger partial charge in [0.25, 0.3) is 0 Å². The van der Waals surface area contributed by atoms with Gasteiger partial charge >= 0.3 is 5.97 Å². The first-order valence-electron chi connectivity index (χ1n) is 3.01. The molecule has 0 fully saturated rings. The average molecular weight is 188 g/mol. The van der Waals surface area contributed by atoms with E-state index in [2.05, 4.69) is 14.7 Å². The summed E-state index contributed by atoms with van der Waals surface area (Å²) >= 11 is 5.48. The second-order valence-electron chi connectivity index (χ2n) is 1.92. The van der Waals surface area contributed by atoms with Crippen molar-refractivity contribution in [1.82, 2.24) is 9.97 Å². The van der Waals surface area contributed by atoms with Gasteiger partial charge in [0.15, 0.2) is 16.7 Å². The van der Waals surface area contributed by atoms with Gasteiger partial charge in [0.2, 0.25) is 0 Å². The van der Waals surface area contributed by atoms with Crippen LogP contribution in [0.1, 0.15) is 10.5 Å². The summed E-state index contributed by atoms with van der Waals surface area (Å²) in [5.74, 6) is -0.578. The monoisotopic (exact) mass is 187 g/mol. The first-order chi connectivity index (χ1) is 5.65. The number of carbonyl (C=O) groups is 1. The third-order valence-corrected chi connectivity index (χ3v) is 1.44. The van der Waals surface area contributed by atoms with Crippen LogP contribution in [0.15, 0.2) is 6.20 Å². The van der Waals surface area contributed by atoms with Crippen LogP contribution in [-0.2, 0) is 4.74 Å². The molecule has 6 heteroatoms. The molecular formula is C6H6ClN3O2. The van der Waals surface area contributed by atoms with Gasteiger partial charge in [-0.1, -0.05) is 11.6 Å². The molecule has 0 aliphatic heterocycles. The largest absolute Gasteiger partial charge is 0.464 e. The van der Waals surface area contributed by atoms with E-state index in [0.29, 0.717) is 0 Å². The van der Waals surface area contributed by atoms with Crippen LogP contribution in [0.25, 0.3) is 0 Å². The zero-order chi connectivity index (χ0) is 9.14. The second kappa shape index (κ2) is 3.36. The van der Waals surface area contributed by atoms with Crippen molar-refractivity contribution in [3.63, 3.8) is 0 Å². The maximum atomic E-state index is 10.9. The van der Waals surface area contributed by atoms with Crippen molar-refractivity contribution in [2.75, 3.05) is 12.8 Å². The van der Waals surface area contributed by atoms with Crippen molar-refractivity contribution in [3.05, 3.63) is 17.0 Å². The Morgan fingerprint density at radius 2 is 2.42 bits per heavy atom. The van der Waals surface area contributed by atoms with Crippen LogP contribution in [0.3, 0.4) is 0 Å². The van der Waals surface area contributed by atoms with Gasteiger partial charge in [0.05, 0.1) is 13.3 Å². The standard InChI is InChI=1S/C6H6ClN3O2/c1-12-6(11)3-2-9-4(7)5(8)10-3/h2H,1H3,(H2,8,10). The number of nitrogens with two attached hydrogens (primary N) is 1. The van der Waals surface area contributed by atoms with Gasteiger partial charge in [-0.15, -0.1) is 0 Å². The minimum atomic E-state index is -0.592. The number of hydrogen-bond acceptors (Lipinski definition) is 5. The number of anilines is 1. The molecule has 0 spiro atoms. The zero-order valence-electron chi connectivity index (χ0n) is 6.24. The van der Waals surface area contributed by atoms with Gasteiger partial charge in [0.1, 0.15) is 0 Å². The zero-order valence-corrected chi connectivity index (χ0v) is 7.00. The van der Waals surface area contributed by atoms with E-state index in [1.807, 2.05) is 0 Å². The molecule has 1 aromatic heterocycles. The Hall–Kier alpha value is -1.36. The van der Waals surface area contributed by atoms with Gasteiger partial charge in [0, 0.05) is 0 Å². The van der Waals surface area contributed by atoms with E-state index >= 15 is 0 Å². The number of methoxy groups -OCH3 is 1. The van der Waals surface area contributed by atoms with E-state index in [1.54, 1.807) is 0 Å². The summed E-state index contributed by atoms with van der Waals surface area (Å²) in [5.41, 5.74) is 5.34. The summed E-state index contributed by atoms with van der Waals surface area (Å²) in [6, 6.07) is 0. The molecule has 0 bridgehead atoms. The molecule has 12 heavy (non-hydrogen) atoms. The molecule has 0 saturated carbocycles. The van der Waals surface area contributed by atoms with E-state index in [4.69, 9.17) is 17.3 Å². The molecule has 0 atom stereocenters. The summed E-state index contributed by atoms with van der Waals surface area (Å²) < 4.78 is 4.39. The van der Waals surface area contributed by atoms with Crippen molar-refractivity contribution in [2.24, 2.45) is 0 Å². The SMILES string of the molecule is COC(=O)c1cnc(Cl)c(N)n1. The molecular weight excluding hydrogens is 182 g/mol. The number of nitrogens with zero attached hydrogens (tertiary/aromatic N) is 2. The van der Waals surface area contributed by atoms with Crippen LogP contribution in [0.4, 0.5) is 5.82 Å². The summed E-state index contributed by atoms with van der Waals surface area (Å²) in [5, 5.41) is 0.0719. The fourth-order valence-corrected chi connectivity index (χ4v) is 0.683. The average Bonchev–Trinajstić information content (AvgIpc) is 2.08. The van der Waals surface area contributed by atoms with E-state index in [1.165, 1.54) is 13.3 Å². The molecule has 0 radical (unpaired) electrons. The van der Waals surface area contributed by atoms with Crippen LogP contribution >= 0.6 is 11.6 Å². The Bertz CT molecular complexity index is 316. The van der Waals surface area contributed by atoms with Crippen LogP contribution in [0.2, 0.25) is 5.15 Å². The Morgan fingerprint density at radius 3 is 2.92 bits per heavy atom. The van der Waals surface area contributed by atoms with Crippen LogP contribution in [0.5, 0.6) is 0 Å². The number of hydrogen-bond donors (Lipinski definition) is 1. The molecule has 0 aliphatic rings. The van der Waals surface area contributed by atoms with Crippen molar-refractivity contribution < 1.29 is 9.53 Å². The van der Waals surface area contributed by atoms with Crippen molar-refractivity contribution in [1.29, 1.82) is 0 Å². The fraction of sp³-hybridized carbons (Fsp3) is 0.167. The van der Waals surface area contributed by atoms with Gasteiger partial charge in [-0.2, -0.15) is 0 Å². The van der Waals surface area contributed by atoms with E-state index in [0.717, 1.165) is 0 Å². The third kappa shape index (κ3) is 1.62.